The zero-order chi connectivity index (χ0) is 15.0. The Morgan fingerprint density at radius 3 is 2.62 bits per heavy atom. The third-order valence-corrected chi connectivity index (χ3v) is 5.42. The molecular weight excluding hydrogens is 262 g/mol. The van der Waals surface area contributed by atoms with Crippen molar-refractivity contribution in [2.75, 3.05) is 7.11 Å². The van der Waals surface area contributed by atoms with E-state index in [0.717, 1.165) is 48.2 Å². The van der Waals surface area contributed by atoms with Gasteiger partial charge in [0, 0.05) is 24.1 Å². The molecule has 21 heavy (non-hydrogen) atoms. The highest BCUT2D eigenvalue weighted by atomic mass is 16.5. The third-order valence-electron chi connectivity index (χ3n) is 5.42. The van der Waals surface area contributed by atoms with Gasteiger partial charge in [0.1, 0.15) is 17.1 Å². The maximum atomic E-state index is 6.44. The average molecular weight is 289 g/mol. The summed E-state index contributed by atoms with van der Waals surface area (Å²) >= 11 is 0. The molecule has 1 unspecified atom stereocenters. The molecule has 1 atom stereocenters. The van der Waals surface area contributed by atoms with Gasteiger partial charge >= 0.3 is 0 Å². The monoisotopic (exact) mass is 289 g/mol. The molecule has 1 spiro atoms. The van der Waals surface area contributed by atoms with Crippen LogP contribution in [0, 0.1) is 11.8 Å². The minimum absolute atomic E-state index is 0.0514. The maximum Gasteiger partial charge on any atom is 0.128 e. The molecule has 1 aliphatic carbocycles. The molecule has 1 saturated carbocycles. The summed E-state index contributed by atoms with van der Waals surface area (Å²) in [6.07, 6.45) is 5.70. The van der Waals surface area contributed by atoms with E-state index in [2.05, 4.69) is 13.8 Å². The summed E-state index contributed by atoms with van der Waals surface area (Å²) in [6.45, 7) is 4.66. The standard InChI is InChI=1S/C18H27NO2/c1-12(2)13-6-8-18(9-7-13)11-16(19)15-5-4-14(20-3)10-17(15)21-18/h4-5,10,12-13,16H,6-9,11,19H2,1-3H3. The Labute approximate surface area is 127 Å². The first-order valence-corrected chi connectivity index (χ1v) is 8.15. The summed E-state index contributed by atoms with van der Waals surface area (Å²) in [4.78, 5) is 0. The molecule has 0 aromatic heterocycles. The van der Waals surface area contributed by atoms with Gasteiger partial charge in [-0.2, -0.15) is 0 Å². The summed E-state index contributed by atoms with van der Waals surface area (Å²) in [5.41, 5.74) is 7.48. The highest BCUT2D eigenvalue weighted by Crippen LogP contribution is 2.48. The van der Waals surface area contributed by atoms with Crippen molar-refractivity contribution in [2.24, 2.45) is 17.6 Å². The molecule has 3 rings (SSSR count). The fraction of sp³-hybridized carbons (Fsp3) is 0.667. The number of methoxy groups -OCH3 is 1. The van der Waals surface area contributed by atoms with Crippen molar-refractivity contribution in [3.05, 3.63) is 23.8 Å². The van der Waals surface area contributed by atoms with E-state index >= 15 is 0 Å². The van der Waals surface area contributed by atoms with E-state index < -0.39 is 0 Å². The topological polar surface area (TPSA) is 44.5 Å². The van der Waals surface area contributed by atoms with Gasteiger partial charge in [-0.15, -0.1) is 0 Å². The van der Waals surface area contributed by atoms with Crippen molar-refractivity contribution in [1.82, 2.24) is 0 Å². The summed E-state index contributed by atoms with van der Waals surface area (Å²) in [5, 5.41) is 0. The van der Waals surface area contributed by atoms with E-state index in [1.54, 1.807) is 7.11 Å². The van der Waals surface area contributed by atoms with Gasteiger partial charge in [-0.1, -0.05) is 19.9 Å². The van der Waals surface area contributed by atoms with Crippen molar-refractivity contribution >= 4 is 0 Å². The predicted octanol–water partition coefficient (Wildman–Crippen LogP) is 4.06. The number of hydrogen-bond donors (Lipinski definition) is 1. The second-order valence-corrected chi connectivity index (χ2v) is 7.08. The van der Waals surface area contributed by atoms with Crippen molar-refractivity contribution < 1.29 is 9.47 Å². The van der Waals surface area contributed by atoms with Gasteiger partial charge in [0.2, 0.25) is 0 Å². The van der Waals surface area contributed by atoms with Crippen LogP contribution in [0.25, 0.3) is 0 Å². The minimum atomic E-state index is -0.0514. The lowest BCUT2D eigenvalue weighted by molar-refractivity contribution is -0.0161. The van der Waals surface area contributed by atoms with E-state index in [1.807, 2.05) is 18.2 Å². The lowest BCUT2D eigenvalue weighted by Gasteiger charge is -2.46. The van der Waals surface area contributed by atoms with Crippen LogP contribution < -0.4 is 15.2 Å². The number of benzene rings is 1. The first-order chi connectivity index (χ1) is 10.0. The van der Waals surface area contributed by atoms with Gasteiger partial charge in [-0.25, -0.2) is 0 Å². The first kappa shape index (κ1) is 14.7. The zero-order valence-electron chi connectivity index (χ0n) is 13.4. The number of ether oxygens (including phenoxy) is 2. The van der Waals surface area contributed by atoms with E-state index in [-0.39, 0.29) is 11.6 Å². The van der Waals surface area contributed by atoms with E-state index in [1.165, 1.54) is 12.8 Å². The molecule has 116 valence electrons. The van der Waals surface area contributed by atoms with Crippen LogP contribution >= 0.6 is 0 Å². The van der Waals surface area contributed by atoms with Crippen molar-refractivity contribution in [2.45, 2.75) is 57.6 Å². The first-order valence-electron chi connectivity index (χ1n) is 8.15. The molecule has 1 aromatic carbocycles. The highest BCUT2D eigenvalue weighted by molar-refractivity contribution is 5.44. The van der Waals surface area contributed by atoms with Crippen LogP contribution in [0.2, 0.25) is 0 Å². The van der Waals surface area contributed by atoms with Crippen molar-refractivity contribution in [1.29, 1.82) is 0 Å². The molecule has 1 fully saturated rings. The lowest BCUT2D eigenvalue weighted by atomic mass is 9.71. The zero-order valence-corrected chi connectivity index (χ0v) is 13.4. The van der Waals surface area contributed by atoms with Crippen LogP contribution in [0.5, 0.6) is 11.5 Å². The molecule has 3 heteroatoms. The van der Waals surface area contributed by atoms with E-state index in [9.17, 15) is 0 Å². The van der Waals surface area contributed by atoms with Crippen LogP contribution in [0.1, 0.15) is 57.6 Å². The fourth-order valence-electron chi connectivity index (χ4n) is 3.96. The Morgan fingerprint density at radius 2 is 2.00 bits per heavy atom. The number of rotatable bonds is 2. The maximum absolute atomic E-state index is 6.44. The highest BCUT2D eigenvalue weighted by Gasteiger charge is 2.43. The Balaban J connectivity index is 1.81. The van der Waals surface area contributed by atoms with Gasteiger partial charge in [0.25, 0.3) is 0 Å². The van der Waals surface area contributed by atoms with Crippen molar-refractivity contribution in [3.63, 3.8) is 0 Å². The molecule has 0 radical (unpaired) electrons. The molecule has 2 N–H and O–H groups in total. The Kier molecular flexibility index (Phi) is 3.87. The Morgan fingerprint density at radius 1 is 1.29 bits per heavy atom. The van der Waals surface area contributed by atoms with Crippen molar-refractivity contribution in [3.8, 4) is 11.5 Å². The molecule has 1 heterocycles. The van der Waals surface area contributed by atoms with Crippen LogP contribution in [0.3, 0.4) is 0 Å². The number of hydrogen-bond acceptors (Lipinski definition) is 3. The summed E-state index contributed by atoms with van der Waals surface area (Å²) in [7, 11) is 1.69. The van der Waals surface area contributed by atoms with Gasteiger partial charge in [-0.3, -0.25) is 0 Å². The molecule has 0 saturated heterocycles. The number of fused-ring (bicyclic) bond motifs is 1. The van der Waals surface area contributed by atoms with Gasteiger partial charge in [-0.05, 0) is 43.6 Å². The van der Waals surface area contributed by atoms with Gasteiger partial charge in [0.05, 0.1) is 7.11 Å². The Hall–Kier alpha value is -1.22. The minimum Gasteiger partial charge on any atom is -0.497 e. The third kappa shape index (κ3) is 2.76. The Bertz CT molecular complexity index is 504. The second kappa shape index (κ2) is 5.53. The van der Waals surface area contributed by atoms with Gasteiger partial charge in [0.15, 0.2) is 0 Å². The van der Waals surface area contributed by atoms with Crippen LogP contribution in [0.15, 0.2) is 18.2 Å². The van der Waals surface area contributed by atoms with E-state index in [4.69, 9.17) is 15.2 Å². The molecule has 0 bridgehead atoms. The molecular formula is C18H27NO2. The largest absolute Gasteiger partial charge is 0.497 e. The van der Waals surface area contributed by atoms with E-state index in [0.29, 0.717) is 0 Å². The molecule has 2 aliphatic rings. The predicted molar refractivity (Wildman–Crippen MR) is 84.7 cm³/mol. The normalized spacial score (nSPS) is 31.9. The lowest BCUT2D eigenvalue weighted by Crippen LogP contribution is -2.46. The average Bonchev–Trinajstić information content (AvgIpc) is 2.47. The molecule has 1 aliphatic heterocycles. The molecule has 3 nitrogen and oxygen atoms in total. The quantitative estimate of drug-likeness (QED) is 0.893. The second-order valence-electron chi connectivity index (χ2n) is 7.08. The summed E-state index contributed by atoms with van der Waals surface area (Å²) in [6, 6.07) is 6.08. The summed E-state index contributed by atoms with van der Waals surface area (Å²) < 4.78 is 11.8. The fourth-order valence-corrected chi connectivity index (χ4v) is 3.96. The van der Waals surface area contributed by atoms with Crippen LogP contribution in [-0.4, -0.2) is 12.7 Å². The molecule has 1 aromatic rings. The number of nitrogens with two attached hydrogens (primary N) is 1. The summed E-state index contributed by atoms with van der Waals surface area (Å²) in [5.74, 6) is 3.37. The molecule has 0 amide bonds. The SMILES string of the molecule is COc1ccc2c(c1)OC1(CCC(C(C)C)CC1)CC2N. The van der Waals surface area contributed by atoms with Crippen LogP contribution in [-0.2, 0) is 0 Å². The smallest absolute Gasteiger partial charge is 0.128 e. The van der Waals surface area contributed by atoms with Gasteiger partial charge < -0.3 is 15.2 Å². The van der Waals surface area contributed by atoms with Crippen LogP contribution in [0.4, 0.5) is 0 Å².